The lowest BCUT2D eigenvalue weighted by Gasteiger charge is -2.22. The molecule has 4 nitrogen and oxygen atoms in total. The summed E-state index contributed by atoms with van der Waals surface area (Å²) in [6.45, 7) is 4.26. The summed E-state index contributed by atoms with van der Waals surface area (Å²) in [5.41, 5.74) is 0. The van der Waals surface area contributed by atoms with E-state index in [1.807, 2.05) is 0 Å². The molecule has 0 aromatic carbocycles. The van der Waals surface area contributed by atoms with E-state index in [4.69, 9.17) is 0 Å². The Bertz CT molecular complexity index is 877. The third-order valence-corrected chi connectivity index (χ3v) is 11.1. The van der Waals surface area contributed by atoms with E-state index in [2.05, 4.69) is 67.8 Å². The number of hydrogen-bond acceptors (Lipinski definition) is 3. The lowest BCUT2D eigenvalue weighted by atomic mass is 10.0. The first kappa shape index (κ1) is 53.4. The van der Waals surface area contributed by atoms with Crippen LogP contribution < -0.4 is 5.32 Å². The molecule has 0 spiro atoms. The highest BCUT2D eigenvalue weighted by Gasteiger charge is 2.20. The molecule has 0 aliphatic carbocycles. The van der Waals surface area contributed by atoms with Gasteiger partial charge in [0.1, 0.15) is 0 Å². The zero-order valence-electron chi connectivity index (χ0n) is 36.9. The van der Waals surface area contributed by atoms with Gasteiger partial charge in [-0.05, 0) is 51.4 Å². The Morgan fingerprint density at radius 2 is 0.800 bits per heavy atom. The summed E-state index contributed by atoms with van der Waals surface area (Å²) in [4.78, 5) is 12.4. The number of aliphatic hydroxyl groups is 2. The minimum absolute atomic E-state index is 0.0389. The second-order valence-electron chi connectivity index (χ2n) is 16.5. The fourth-order valence-electron chi connectivity index (χ4n) is 7.41. The van der Waals surface area contributed by atoms with Crippen molar-refractivity contribution in [2.45, 2.75) is 264 Å². The number of rotatable bonds is 44. The van der Waals surface area contributed by atoms with Crippen LogP contribution in [0.25, 0.3) is 0 Å². The molecule has 0 aromatic rings. The largest absolute Gasteiger partial charge is 0.394 e. The molecule has 0 aliphatic rings. The Morgan fingerprint density at radius 1 is 0.455 bits per heavy atom. The van der Waals surface area contributed by atoms with Crippen molar-refractivity contribution in [3.05, 3.63) is 48.6 Å². The summed E-state index contributed by atoms with van der Waals surface area (Å²) in [6, 6.07) is -0.543. The van der Waals surface area contributed by atoms with Crippen molar-refractivity contribution in [1.29, 1.82) is 0 Å². The molecule has 0 heterocycles. The smallest absolute Gasteiger partial charge is 0.220 e. The molecule has 0 aliphatic heterocycles. The zero-order valence-corrected chi connectivity index (χ0v) is 36.9. The molecular formula is C51H95NO3. The molecule has 0 rings (SSSR count). The number of unbranched alkanes of at least 4 members (excludes halogenated alkanes) is 29. The second kappa shape index (κ2) is 46.7. The van der Waals surface area contributed by atoms with Gasteiger partial charge >= 0.3 is 0 Å². The van der Waals surface area contributed by atoms with E-state index in [-0.39, 0.29) is 12.5 Å². The lowest BCUT2D eigenvalue weighted by Crippen LogP contribution is -2.45. The molecule has 0 fully saturated rings. The first-order chi connectivity index (χ1) is 27.2. The van der Waals surface area contributed by atoms with Gasteiger partial charge in [0.25, 0.3) is 0 Å². The van der Waals surface area contributed by atoms with E-state index in [0.717, 1.165) is 51.4 Å². The molecule has 1 amide bonds. The van der Waals surface area contributed by atoms with E-state index >= 15 is 0 Å². The van der Waals surface area contributed by atoms with Crippen molar-refractivity contribution < 1.29 is 15.0 Å². The second-order valence-corrected chi connectivity index (χ2v) is 16.5. The number of carbonyl (C=O) groups excluding carboxylic acids is 1. The molecule has 2 atom stereocenters. The Morgan fingerprint density at radius 3 is 1.20 bits per heavy atom. The molecule has 55 heavy (non-hydrogen) atoms. The quantitative estimate of drug-likeness (QED) is 0.0427. The van der Waals surface area contributed by atoms with Crippen LogP contribution in [0.15, 0.2) is 48.6 Å². The van der Waals surface area contributed by atoms with Crippen molar-refractivity contribution in [1.82, 2.24) is 5.32 Å². The number of aliphatic hydroxyl groups excluding tert-OH is 2. The summed E-state index contributed by atoms with van der Waals surface area (Å²) < 4.78 is 0. The van der Waals surface area contributed by atoms with Gasteiger partial charge in [-0.2, -0.15) is 0 Å². The summed E-state index contributed by atoms with van der Waals surface area (Å²) in [6.07, 6.45) is 63.5. The van der Waals surface area contributed by atoms with Gasteiger partial charge in [0.05, 0.1) is 18.8 Å². The van der Waals surface area contributed by atoms with Crippen LogP contribution in [-0.2, 0) is 4.79 Å². The molecule has 0 aromatic heterocycles. The van der Waals surface area contributed by atoms with Crippen molar-refractivity contribution in [2.24, 2.45) is 0 Å². The van der Waals surface area contributed by atoms with Crippen LogP contribution in [0.4, 0.5) is 0 Å². The monoisotopic (exact) mass is 770 g/mol. The van der Waals surface area contributed by atoms with E-state index in [0.29, 0.717) is 12.8 Å². The molecule has 2 unspecified atom stereocenters. The molecule has 0 saturated heterocycles. The Labute approximate surface area is 344 Å². The summed E-state index contributed by atoms with van der Waals surface area (Å²) in [7, 11) is 0. The normalized spacial score (nSPS) is 13.3. The first-order valence-corrected chi connectivity index (χ1v) is 24.3. The Kier molecular flexibility index (Phi) is 45.3. The topological polar surface area (TPSA) is 69.6 Å². The third kappa shape index (κ3) is 43.3. The first-order valence-electron chi connectivity index (χ1n) is 24.3. The number of allylic oxidation sites excluding steroid dienone is 8. The van der Waals surface area contributed by atoms with Crippen molar-refractivity contribution in [2.75, 3.05) is 6.61 Å². The minimum atomic E-state index is -0.665. The highest BCUT2D eigenvalue weighted by atomic mass is 16.3. The highest BCUT2D eigenvalue weighted by Crippen LogP contribution is 2.17. The minimum Gasteiger partial charge on any atom is -0.394 e. The van der Waals surface area contributed by atoms with Gasteiger partial charge in [0.15, 0.2) is 0 Å². The molecule has 3 N–H and O–H groups in total. The van der Waals surface area contributed by atoms with Crippen LogP contribution in [0.5, 0.6) is 0 Å². The Balaban J connectivity index is 3.51. The fourth-order valence-corrected chi connectivity index (χ4v) is 7.41. The molecule has 0 saturated carbocycles. The average Bonchev–Trinajstić information content (AvgIpc) is 3.19. The number of nitrogens with one attached hydrogen (secondary N) is 1. The van der Waals surface area contributed by atoms with Gasteiger partial charge in [-0.25, -0.2) is 0 Å². The predicted molar refractivity (Wildman–Crippen MR) is 244 cm³/mol. The van der Waals surface area contributed by atoms with Gasteiger partial charge in [-0.15, -0.1) is 0 Å². The van der Waals surface area contributed by atoms with Gasteiger partial charge < -0.3 is 15.5 Å². The number of amides is 1. The standard InChI is InChI=1S/C51H95NO3/c1-3-5-7-9-11-13-15-17-19-21-23-25-27-28-30-32-34-36-38-40-42-44-46-50(54)49(48-53)52-51(55)47-45-43-41-39-37-35-33-31-29-26-24-22-20-18-16-14-12-10-8-6-4-2/h6,8,12,14,18,20,24,26,49-50,53-54H,3-5,7,9-11,13,15-17,19,21-23,25,27-48H2,1-2H3,(H,52,55)/b8-6-,14-12-,20-18-,26-24-. The fraction of sp³-hybridized carbons (Fsp3) is 0.824. The van der Waals surface area contributed by atoms with Crippen LogP contribution in [-0.4, -0.2) is 34.9 Å². The van der Waals surface area contributed by atoms with E-state index in [9.17, 15) is 15.0 Å². The van der Waals surface area contributed by atoms with E-state index < -0.39 is 12.1 Å². The maximum absolute atomic E-state index is 12.4. The maximum Gasteiger partial charge on any atom is 0.220 e. The van der Waals surface area contributed by atoms with Gasteiger partial charge in [-0.3, -0.25) is 4.79 Å². The molecule has 322 valence electrons. The van der Waals surface area contributed by atoms with Crippen molar-refractivity contribution in [3.8, 4) is 0 Å². The Hall–Kier alpha value is -1.65. The van der Waals surface area contributed by atoms with Crippen molar-refractivity contribution >= 4 is 5.91 Å². The zero-order chi connectivity index (χ0) is 40.0. The van der Waals surface area contributed by atoms with Gasteiger partial charge in [-0.1, -0.05) is 242 Å². The molecular weight excluding hydrogens is 675 g/mol. The van der Waals surface area contributed by atoms with E-state index in [1.165, 1.54) is 173 Å². The lowest BCUT2D eigenvalue weighted by molar-refractivity contribution is -0.123. The van der Waals surface area contributed by atoms with Crippen LogP contribution in [0, 0.1) is 0 Å². The predicted octanol–water partition coefficient (Wildman–Crippen LogP) is 15.5. The number of hydrogen-bond donors (Lipinski definition) is 3. The van der Waals surface area contributed by atoms with Crippen LogP contribution in [0.3, 0.4) is 0 Å². The average molecular weight is 770 g/mol. The van der Waals surface area contributed by atoms with Crippen molar-refractivity contribution in [3.63, 3.8) is 0 Å². The maximum atomic E-state index is 12.4. The molecule has 4 heteroatoms. The number of carbonyl (C=O) groups is 1. The van der Waals surface area contributed by atoms with Crippen LogP contribution in [0.1, 0.15) is 251 Å². The molecule has 0 radical (unpaired) electrons. The summed E-state index contributed by atoms with van der Waals surface area (Å²) >= 11 is 0. The van der Waals surface area contributed by atoms with Crippen LogP contribution >= 0.6 is 0 Å². The third-order valence-electron chi connectivity index (χ3n) is 11.1. The van der Waals surface area contributed by atoms with E-state index in [1.54, 1.807) is 0 Å². The van der Waals surface area contributed by atoms with Gasteiger partial charge in [0.2, 0.25) is 5.91 Å². The molecule has 0 bridgehead atoms. The van der Waals surface area contributed by atoms with Crippen LogP contribution in [0.2, 0.25) is 0 Å². The highest BCUT2D eigenvalue weighted by molar-refractivity contribution is 5.76. The summed E-state index contributed by atoms with van der Waals surface area (Å²) in [5.74, 6) is -0.0389. The summed E-state index contributed by atoms with van der Waals surface area (Å²) in [5, 5.41) is 23.3. The SMILES string of the molecule is CC/C=C\C/C=C\C/C=C\C/C=C\CCCCCCCCCCC(=O)NC(CO)C(O)CCCCCCCCCCCCCCCCCCCCCCCC. The van der Waals surface area contributed by atoms with Gasteiger partial charge in [0, 0.05) is 6.42 Å².